The topological polar surface area (TPSA) is 83.0 Å². The van der Waals surface area contributed by atoms with E-state index in [2.05, 4.69) is 11.1 Å². The Balaban J connectivity index is 2.40. The number of nitrogens with two attached hydrogens (primary N) is 1. The summed E-state index contributed by atoms with van der Waals surface area (Å²) in [5.41, 5.74) is 7.29. The molecule has 0 saturated carbocycles. The van der Waals surface area contributed by atoms with Crippen molar-refractivity contribution in [3.05, 3.63) is 22.9 Å². The van der Waals surface area contributed by atoms with E-state index in [-0.39, 0.29) is 5.91 Å². The Morgan fingerprint density at radius 3 is 2.79 bits per heavy atom. The first-order valence-corrected chi connectivity index (χ1v) is 6.30. The molecule has 0 bridgehead atoms. The van der Waals surface area contributed by atoms with Crippen molar-refractivity contribution in [1.29, 1.82) is 5.26 Å². The summed E-state index contributed by atoms with van der Waals surface area (Å²) in [6, 6.07) is 4.10. The Hall–Kier alpha value is -2.09. The van der Waals surface area contributed by atoms with Crippen molar-refractivity contribution in [3.8, 4) is 6.07 Å². The van der Waals surface area contributed by atoms with Crippen molar-refractivity contribution in [2.75, 3.05) is 18.0 Å². The van der Waals surface area contributed by atoms with Crippen molar-refractivity contribution in [2.45, 2.75) is 27.2 Å². The van der Waals surface area contributed by atoms with Gasteiger partial charge in [-0.05, 0) is 38.8 Å². The Morgan fingerprint density at radius 1 is 1.58 bits per heavy atom. The van der Waals surface area contributed by atoms with E-state index in [4.69, 9.17) is 5.73 Å². The number of carbonyl (C=O) groups excluding carboxylic acids is 1. The number of amides is 1. The summed E-state index contributed by atoms with van der Waals surface area (Å²) in [6.07, 6.45) is 0.696. The third-order valence-corrected chi connectivity index (χ3v) is 3.81. The molecule has 0 aromatic carbocycles. The van der Waals surface area contributed by atoms with E-state index in [1.807, 2.05) is 31.7 Å². The number of hydrogen-bond donors (Lipinski definition) is 1. The van der Waals surface area contributed by atoms with Gasteiger partial charge in [-0.2, -0.15) is 5.26 Å². The molecule has 2 N–H and O–H groups in total. The van der Waals surface area contributed by atoms with Crippen LogP contribution in [0.5, 0.6) is 0 Å². The van der Waals surface area contributed by atoms with Crippen LogP contribution >= 0.6 is 0 Å². The number of aryl methyl sites for hydroxylation is 2. The molecule has 0 spiro atoms. The summed E-state index contributed by atoms with van der Waals surface area (Å²) in [5, 5.41) is 9.28. The van der Waals surface area contributed by atoms with Crippen LogP contribution in [0.3, 0.4) is 0 Å². The normalized spacial score (nSPS) is 22.3. The minimum Gasteiger partial charge on any atom is -0.369 e. The highest BCUT2D eigenvalue weighted by Gasteiger charge is 2.40. The van der Waals surface area contributed by atoms with Crippen LogP contribution in [-0.2, 0) is 4.79 Å². The maximum Gasteiger partial charge on any atom is 0.225 e. The Morgan fingerprint density at radius 2 is 2.26 bits per heavy atom. The summed E-state index contributed by atoms with van der Waals surface area (Å²) in [5.74, 6) is 0.378. The number of nitriles is 1. The summed E-state index contributed by atoms with van der Waals surface area (Å²) in [7, 11) is 0. The van der Waals surface area contributed by atoms with E-state index < -0.39 is 5.41 Å². The van der Waals surface area contributed by atoms with Crippen LogP contribution in [-0.4, -0.2) is 24.0 Å². The minimum atomic E-state index is -0.536. The van der Waals surface area contributed by atoms with Crippen molar-refractivity contribution < 1.29 is 4.79 Å². The fourth-order valence-electron chi connectivity index (χ4n) is 2.53. The zero-order chi connectivity index (χ0) is 14.2. The molecular weight excluding hydrogens is 240 g/mol. The van der Waals surface area contributed by atoms with Gasteiger partial charge in [-0.3, -0.25) is 4.79 Å². The van der Waals surface area contributed by atoms with Crippen LogP contribution in [0.2, 0.25) is 0 Å². The molecule has 19 heavy (non-hydrogen) atoms. The molecule has 2 heterocycles. The molecule has 0 aliphatic carbocycles. The lowest BCUT2D eigenvalue weighted by molar-refractivity contribution is -0.125. The predicted molar refractivity (Wildman–Crippen MR) is 72.6 cm³/mol. The number of anilines is 1. The number of pyridine rings is 1. The van der Waals surface area contributed by atoms with Gasteiger partial charge >= 0.3 is 0 Å². The average molecular weight is 258 g/mol. The summed E-state index contributed by atoms with van der Waals surface area (Å²) < 4.78 is 0. The molecule has 1 aromatic rings. The quantitative estimate of drug-likeness (QED) is 0.866. The van der Waals surface area contributed by atoms with Crippen molar-refractivity contribution in [1.82, 2.24) is 4.98 Å². The van der Waals surface area contributed by atoms with Gasteiger partial charge in [0.1, 0.15) is 11.9 Å². The van der Waals surface area contributed by atoms with Crippen LogP contribution in [0.25, 0.3) is 0 Å². The lowest BCUT2D eigenvalue weighted by Gasteiger charge is -2.23. The summed E-state index contributed by atoms with van der Waals surface area (Å²) in [6.45, 7) is 6.89. The molecule has 2 rings (SSSR count). The van der Waals surface area contributed by atoms with Crippen LogP contribution < -0.4 is 10.6 Å². The Kier molecular flexibility index (Phi) is 3.19. The van der Waals surface area contributed by atoms with E-state index in [1.165, 1.54) is 0 Å². The van der Waals surface area contributed by atoms with E-state index in [9.17, 15) is 10.1 Å². The van der Waals surface area contributed by atoms with Crippen LogP contribution in [0, 0.1) is 30.6 Å². The third-order valence-electron chi connectivity index (χ3n) is 3.81. The lowest BCUT2D eigenvalue weighted by Crippen LogP contribution is -2.37. The van der Waals surface area contributed by atoms with Crippen LogP contribution in [0.15, 0.2) is 6.07 Å². The van der Waals surface area contributed by atoms with E-state index in [1.54, 1.807) is 0 Å². The monoisotopic (exact) mass is 258 g/mol. The number of nitrogens with zero attached hydrogens (tertiary/aromatic N) is 3. The van der Waals surface area contributed by atoms with Gasteiger partial charge in [0.25, 0.3) is 0 Å². The standard InChI is InChI=1S/C14H18N4O/c1-9-6-10(2)17-12(11(9)7-15)18-5-4-14(3,8-18)13(16)19/h6H,4-5,8H2,1-3H3,(H2,16,19). The van der Waals surface area contributed by atoms with Crippen molar-refractivity contribution in [3.63, 3.8) is 0 Å². The van der Waals surface area contributed by atoms with Gasteiger partial charge < -0.3 is 10.6 Å². The molecule has 1 saturated heterocycles. The molecule has 5 heteroatoms. The summed E-state index contributed by atoms with van der Waals surface area (Å²) in [4.78, 5) is 18.0. The molecular formula is C14H18N4O. The molecule has 1 amide bonds. The van der Waals surface area contributed by atoms with E-state index in [0.29, 0.717) is 30.9 Å². The maximum absolute atomic E-state index is 11.5. The van der Waals surface area contributed by atoms with Gasteiger partial charge in [0.15, 0.2) is 0 Å². The zero-order valence-electron chi connectivity index (χ0n) is 11.5. The number of primary amides is 1. The Bertz CT molecular complexity index is 576. The minimum absolute atomic E-state index is 0.294. The molecule has 0 radical (unpaired) electrons. The highest BCUT2D eigenvalue weighted by molar-refractivity contribution is 5.82. The first-order chi connectivity index (χ1) is 8.87. The fourth-order valence-corrected chi connectivity index (χ4v) is 2.53. The molecule has 100 valence electrons. The second-order valence-corrected chi connectivity index (χ2v) is 5.49. The molecule has 1 aliphatic rings. The van der Waals surface area contributed by atoms with Gasteiger partial charge in [-0.25, -0.2) is 4.98 Å². The van der Waals surface area contributed by atoms with E-state index in [0.717, 1.165) is 11.3 Å². The smallest absolute Gasteiger partial charge is 0.225 e. The number of aromatic nitrogens is 1. The molecule has 1 atom stereocenters. The fraction of sp³-hybridized carbons (Fsp3) is 0.500. The van der Waals surface area contributed by atoms with Crippen LogP contribution in [0.1, 0.15) is 30.2 Å². The van der Waals surface area contributed by atoms with Gasteiger partial charge in [0.05, 0.1) is 11.0 Å². The first-order valence-electron chi connectivity index (χ1n) is 6.30. The second kappa shape index (κ2) is 4.54. The highest BCUT2D eigenvalue weighted by Crippen LogP contribution is 2.34. The van der Waals surface area contributed by atoms with Gasteiger partial charge in [0.2, 0.25) is 5.91 Å². The number of carbonyl (C=O) groups is 1. The third kappa shape index (κ3) is 2.26. The number of rotatable bonds is 2. The lowest BCUT2D eigenvalue weighted by atomic mass is 9.89. The zero-order valence-corrected chi connectivity index (χ0v) is 11.5. The molecule has 1 fully saturated rings. The Labute approximate surface area is 113 Å². The van der Waals surface area contributed by atoms with E-state index >= 15 is 0 Å². The molecule has 1 aliphatic heterocycles. The number of hydrogen-bond acceptors (Lipinski definition) is 4. The first kappa shape index (κ1) is 13.3. The molecule has 5 nitrogen and oxygen atoms in total. The van der Waals surface area contributed by atoms with Crippen molar-refractivity contribution >= 4 is 11.7 Å². The maximum atomic E-state index is 11.5. The SMILES string of the molecule is Cc1cc(C)c(C#N)c(N2CCC(C)(C(N)=O)C2)n1. The highest BCUT2D eigenvalue weighted by atomic mass is 16.1. The molecule has 1 aromatic heterocycles. The second-order valence-electron chi connectivity index (χ2n) is 5.49. The van der Waals surface area contributed by atoms with Gasteiger partial charge in [-0.15, -0.1) is 0 Å². The largest absolute Gasteiger partial charge is 0.369 e. The predicted octanol–water partition coefficient (Wildman–Crippen LogP) is 1.27. The average Bonchev–Trinajstić information content (AvgIpc) is 2.72. The van der Waals surface area contributed by atoms with Gasteiger partial charge in [0, 0.05) is 18.8 Å². The summed E-state index contributed by atoms with van der Waals surface area (Å²) >= 11 is 0. The van der Waals surface area contributed by atoms with Crippen molar-refractivity contribution in [2.24, 2.45) is 11.1 Å². The van der Waals surface area contributed by atoms with Gasteiger partial charge in [-0.1, -0.05) is 0 Å². The molecule has 1 unspecified atom stereocenters. The van der Waals surface area contributed by atoms with Crippen LogP contribution in [0.4, 0.5) is 5.82 Å².